The minimum Gasteiger partial charge on any atom is -0.310 e. The first kappa shape index (κ1) is 48.3. The molecule has 0 radical (unpaired) electrons. The fourth-order valence-corrected chi connectivity index (χ4v) is 14.8. The van der Waals surface area contributed by atoms with Crippen LogP contribution in [0.2, 0.25) is 0 Å². The summed E-state index contributed by atoms with van der Waals surface area (Å²) in [7, 11) is 0. The zero-order valence-corrected chi connectivity index (χ0v) is 48.3. The monoisotopic (exact) mass is 1090 g/mol. The molecule has 0 aliphatic carbocycles. The Morgan fingerprint density at radius 3 is 1.08 bits per heavy atom. The molecule has 402 valence electrons. The Bertz CT molecular complexity index is 5200. The topological polar surface area (TPSA) is 45.5 Å². The third-order valence-electron chi connectivity index (χ3n) is 18.8. The molecule has 16 aromatic rings. The van der Waals surface area contributed by atoms with Crippen LogP contribution in [0.5, 0.6) is 0 Å². The van der Waals surface area contributed by atoms with Gasteiger partial charge < -0.3 is 18.3 Å². The van der Waals surface area contributed by atoms with Gasteiger partial charge in [0.1, 0.15) is 0 Å². The number of aromatic nitrogens is 6. The molecule has 85 heavy (non-hydrogen) atoms. The lowest BCUT2D eigenvalue weighted by atomic mass is 9.34. The molecule has 7 heteroatoms. The van der Waals surface area contributed by atoms with E-state index in [1.807, 2.05) is 0 Å². The molecule has 0 spiro atoms. The smallest absolute Gasteiger partial charge is 0.252 e. The summed E-state index contributed by atoms with van der Waals surface area (Å²) in [5.74, 6) is 0.681. The number of hydrogen-bond acceptors (Lipinski definition) is 2. The number of hydrogen-bond donors (Lipinski definition) is 0. The summed E-state index contributed by atoms with van der Waals surface area (Å²) in [5, 5.41) is 9.89. The largest absolute Gasteiger partial charge is 0.310 e. The molecule has 11 aromatic carbocycles. The molecule has 0 unspecified atom stereocenters. The molecule has 5 aromatic heterocycles. The zero-order valence-electron chi connectivity index (χ0n) is 48.3. The Balaban J connectivity index is 1.04. The van der Waals surface area contributed by atoms with E-state index in [2.05, 4.69) is 296 Å². The highest BCUT2D eigenvalue weighted by molar-refractivity contribution is 7.00. The maximum atomic E-state index is 5.60. The second kappa shape index (κ2) is 17.2. The van der Waals surface area contributed by atoms with Crippen LogP contribution in [0.4, 0.5) is 0 Å². The van der Waals surface area contributed by atoms with Crippen molar-refractivity contribution >= 4 is 110 Å². The highest BCUT2D eigenvalue weighted by Gasteiger charge is 2.43. The van der Waals surface area contributed by atoms with E-state index in [1.54, 1.807) is 0 Å². The van der Waals surface area contributed by atoms with E-state index in [0.717, 1.165) is 50.8 Å². The summed E-state index contributed by atoms with van der Waals surface area (Å²) < 4.78 is 10.2. The standard InChI is InChI=1S/C78H57BN6/c1-77(2,3)49-37-59-57-43-67-55(53-31-19-21-33-65(53)82(67)51-27-15-9-16-28-51)41-69(57)84-71-35-48(76-80-63(46-23-11-7-12-24-46)45-64(81-76)47-25-13-8-14-26-47)36-72-73(71)79(61(39-49)74(59)84)62-40-50(78(4,5)6)38-60-58-44-68-56(42-70(58)85(72)75(60)62)54-32-20-22-34-66(54)83(68)52-29-17-10-18-30-52/h7-45H,1-6H3. The quantitative estimate of drug-likeness (QED) is 0.161. The van der Waals surface area contributed by atoms with Gasteiger partial charge in [0, 0.05) is 93.6 Å². The Hall–Kier alpha value is -10.2. The molecule has 6 nitrogen and oxygen atoms in total. The predicted octanol–water partition coefficient (Wildman–Crippen LogP) is 17.6. The number of fused-ring (bicyclic) bond motifs is 16. The number of nitrogens with zero attached hydrogens (tertiary/aromatic N) is 6. The molecule has 18 rings (SSSR count). The average Bonchev–Trinajstić information content (AvgIpc) is 1.70. The first-order chi connectivity index (χ1) is 41.4. The lowest BCUT2D eigenvalue weighted by Gasteiger charge is -2.35. The van der Waals surface area contributed by atoms with Crippen LogP contribution in [0, 0.1) is 0 Å². The molecule has 0 fully saturated rings. The van der Waals surface area contributed by atoms with Gasteiger partial charge >= 0.3 is 0 Å². The van der Waals surface area contributed by atoms with Crippen molar-refractivity contribution in [3.63, 3.8) is 0 Å². The summed E-state index contributed by atoms with van der Waals surface area (Å²) in [6.07, 6.45) is 0. The van der Waals surface area contributed by atoms with E-state index in [1.165, 1.54) is 115 Å². The fourth-order valence-electron chi connectivity index (χ4n) is 14.8. The van der Waals surface area contributed by atoms with E-state index in [0.29, 0.717) is 5.82 Å². The Labute approximate surface area is 492 Å². The first-order valence-electron chi connectivity index (χ1n) is 29.8. The van der Waals surface area contributed by atoms with Crippen molar-refractivity contribution in [3.05, 3.63) is 248 Å². The summed E-state index contributed by atoms with van der Waals surface area (Å²) in [5.41, 5.74) is 25.3. The van der Waals surface area contributed by atoms with Crippen LogP contribution in [-0.2, 0) is 10.8 Å². The maximum Gasteiger partial charge on any atom is 0.252 e. The van der Waals surface area contributed by atoms with Gasteiger partial charge in [0.2, 0.25) is 0 Å². The summed E-state index contributed by atoms with van der Waals surface area (Å²) in [6.45, 7) is 14.1. The van der Waals surface area contributed by atoms with Gasteiger partial charge in [0.15, 0.2) is 5.82 Å². The highest BCUT2D eigenvalue weighted by atomic mass is 15.1. The number of benzene rings is 11. The molecule has 0 saturated heterocycles. The Morgan fingerprint density at radius 2 is 0.671 bits per heavy atom. The highest BCUT2D eigenvalue weighted by Crippen LogP contribution is 2.47. The number of rotatable bonds is 5. The van der Waals surface area contributed by atoms with Crippen LogP contribution in [0.1, 0.15) is 52.7 Å². The Kier molecular flexibility index (Phi) is 9.77. The molecule has 2 aliphatic heterocycles. The van der Waals surface area contributed by atoms with Gasteiger partial charge in [0.05, 0.1) is 44.5 Å². The van der Waals surface area contributed by atoms with Crippen LogP contribution in [-0.4, -0.2) is 34.9 Å². The Morgan fingerprint density at radius 1 is 0.306 bits per heavy atom. The van der Waals surface area contributed by atoms with E-state index < -0.39 is 0 Å². The number of para-hydroxylation sites is 4. The van der Waals surface area contributed by atoms with Gasteiger partial charge in [-0.3, -0.25) is 0 Å². The van der Waals surface area contributed by atoms with Crippen molar-refractivity contribution in [2.24, 2.45) is 0 Å². The van der Waals surface area contributed by atoms with Crippen LogP contribution >= 0.6 is 0 Å². The molecule has 0 bridgehead atoms. The third-order valence-corrected chi connectivity index (χ3v) is 18.8. The lowest BCUT2D eigenvalue weighted by molar-refractivity contribution is 0.591. The van der Waals surface area contributed by atoms with E-state index in [9.17, 15) is 0 Å². The van der Waals surface area contributed by atoms with Crippen molar-refractivity contribution in [3.8, 4) is 56.7 Å². The molecule has 0 N–H and O–H groups in total. The summed E-state index contributed by atoms with van der Waals surface area (Å²) in [4.78, 5) is 11.2. The molecule has 0 atom stereocenters. The fraction of sp³-hybridized carbons (Fsp3) is 0.103. The van der Waals surface area contributed by atoms with Crippen LogP contribution in [0.15, 0.2) is 237 Å². The van der Waals surface area contributed by atoms with E-state index in [-0.39, 0.29) is 17.5 Å². The molecule has 2 aliphatic rings. The predicted molar refractivity (Wildman–Crippen MR) is 358 cm³/mol. The van der Waals surface area contributed by atoms with Gasteiger partial charge in [-0.25, -0.2) is 9.97 Å². The minimum absolute atomic E-state index is 0.111. The van der Waals surface area contributed by atoms with Gasteiger partial charge in [-0.15, -0.1) is 0 Å². The minimum atomic E-state index is -0.152. The average molecular weight is 1090 g/mol. The maximum absolute atomic E-state index is 5.60. The molecule has 7 heterocycles. The third kappa shape index (κ3) is 6.83. The van der Waals surface area contributed by atoms with Crippen molar-refractivity contribution in [1.82, 2.24) is 28.2 Å². The van der Waals surface area contributed by atoms with Crippen molar-refractivity contribution in [2.45, 2.75) is 52.4 Å². The normalized spacial score (nSPS) is 13.0. The second-order valence-electron chi connectivity index (χ2n) is 25.8. The second-order valence-corrected chi connectivity index (χ2v) is 25.8. The molecule has 0 amide bonds. The van der Waals surface area contributed by atoms with E-state index in [4.69, 9.17) is 9.97 Å². The lowest BCUT2D eigenvalue weighted by Crippen LogP contribution is -2.59. The molecular formula is C78H57BN6. The molecule has 0 saturated carbocycles. The molecular weight excluding hydrogens is 1030 g/mol. The summed E-state index contributed by atoms with van der Waals surface area (Å²) >= 11 is 0. The van der Waals surface area contributed by atoms with Gasteiger partial charge in [0.25, 0.3) is 6.71 Å². The van der Waals surface area contributed by atoms with Crippen molar-refractivity contribution < 1.29 is 0 Å². The van der Waals surface area contributed by atoms with Crippen LogP contribution < -0.4 is 16.4 Å². The zero-order chi connectivity index (χ0) is 56.8. The SMILES string of the molecule is CC(C)(C)c1cc2c3c(c1)c1cc4c(cc1n3-c1cc(-c3nc(-c5ccccc5)cc(-c5ccccc5)n3)cc3c1B2c1cc(C(C)(C)C)cc2c5cc6c(cc5n-3c12)c1ccccc1n6-c1ccccc1)c1ccccc1n4-c1ccccc1. The van der Waals surface area contributed by atoms with Crippen molar-refractivity contribution in [1.29, 1.82) is 0 Å². The van der Waals surface area contributed by atoms with Crippen LogP contribution in [0.25, 0.3) is 144 Å². The van der Waals surface area contributed by atoms with Crippen LogP contribution in [0.3, 0.4) is 0 Å². The van der Waals surface area contributed by atoms with Crippen molar-refractivity contribution in [2.75, 3.05) is 0 Å². The summed E-state index contributed by atoms with van der Waals surface area (Å²) in [6, 6.07) is 88.0. The van der Waals surface area contributed by atoms with Gasteiger partial charge in [-0.1, -0.05) is 187 Å². The van der Waals surface area contributed by atoms with Gasteiger partial charge in [-0.05, 0) is 129 Å². The first-order valence-corrected chi connectivity index (χ1v) is 29.8. The van der Waals surface area contributed by atoms with E-state index >= 15 is 0 Å². The van der Waals surface area contributed by atoms with Gasteiger partial charge in [-0.2, -0.15) is 0 Å².